The monoisotopic (exact) mass is 341 g/mol. The molecule has 1 fully saturated rings. The quantitative estimate of drug-likeness (QED) is 0.870. The summed E-state index contributed by atoms with van der Waals surface area (Å²) in [6, 6.07) is 10.2. The molecule has 1 unspecified atom stereocenters. The van der Waals surface area contributed by atoms with Crippen molar-refractivity contribution in [1.29, 1.82) is 0 Å². The topological polar surface area (TPSA) is 62.3 Å². The van der Waals surface area contributed by atoms with Crippen molar-refractivity contribution < 1.29 is 9.59 Å². The largest absolute Gasteiger partial charge is 0.341 e. The number of carbonyl (C=O) groups excluding carboxylic acids is 2. The van der Waals surface area contributed by atoms with Crippen LogP contribution in [0.5, 0.6) is 0 Å². The predicted molar refractivity (Wildman–Crippen MR) is 93.6 cm³/mol. The standard InChI is InChI=1S/C18H16ClN3O2/c19-14-2-4-15(5-3-14)22-12-9-16(18(22)24)21-17(23)6-1-13-7-10-20-11-8-13/h1-8,10-11,16H,9,12H2,(H,21,23). The Morgan fingerprint density at radius 3 is 2.62 bits per heavy atom. The van der Waals surface area contributed by atoms with Crippen LogP contribution in [-0.4, -0.2) is 29.4 Å². The summed E-state index contributed by atoms with van der Waals surface area (Å²) in [5.74, 6) is -0.397. The second-order valence-corrected chi connectivity index (χ2v) is 5.87. The smallest absolute Gasteiger partial charge is 0.249 e. The highest BCUT2D eigenvalue weighted by Crippen LogP contribution is 2.23. The maximum Gasteiger partial charge on any atom is 0.249 e. The van der Waals surface area contributed by atoms with E-state index in [9.17, 15) is 9.59 Å². The summed E-state index contributed by atoms with van der Waals surface area (Å²) in [5, 5.41) is 3.37. The first-order valence-electron chi connectivity index (χ1n) is 7.59. The SMILES string of the molecule is O=C(C=Cc1ccncc1)NC1CCN(c2ccc(Cl)cc2)C1=O. The fraction of sp³-hybridized carbons (Fsp3) is 0.167. The van der Waals surface area contributed by atoms with Gasteiger partial charge in [-0.1, -0.05) is 11.6 Å². The second kappa shape index (κ2) is 7.27. The van der Waals surface area contributed by atoms with E-state index in [2.05, 4.69) is 10.3 Å². The summed E-state index contributed by atoms with van der Waals surface area (Å²) in [6.07, 6.45) is 7.00. The van der Waals surface area contributed by atoms with Gasteiger partial charge in [0, 0.05) is 35.7 Å². The van der Waals surface area contributed by atoms with Gasteiger partial charge in [0.1, 0.15) is 6.04 Å². The van der Waals surface area contributed by atoms with E-state index in [1.807, 2.05) is 0 Å². The van der Waals surface area contributed by atoms with Gasteiger partial charge in [0.2, 0.25) is 11.8 Å². The Hall–Kier alpha value is -2.66. The third-order valence-corrected chi connectivity index (χ3v) is 4.05. The number of carbonyl (C=O) groups is 2. The number of nitrogens with one attached hydrogen (secondary N) is 1. The molecule has 1 aliphatic heterocycles. The van der Waals surface area contributed by atoms with Crippen molar-refractivity contribution in [2.75, 3.05) is 11.4 Å². The lowest BCUT2D eigenvalue weighted by molar-refractivity contribution is -0.123. The van der Waals surface area contributed by atoms with Crippen molar-refractivity contribution in [1.82, 2.24) is 10.3 Å². The molecule has 0 aliphatic carbocycles. The van der Waals surface area contributed by atoms with Gasteiger partial charge < -0.3 is 10.2 Å². The highest BCUT2D eigenvalue weighted by molar-refractivity contribution is 6.30. The summed E-state index contributed by atoms with van der Waals surface area (Å²) in [7, 11) is 0. The van der Waals surface area contributed by atoms with Crippen LogP contribution in [0.15, 0.2) is 54.9 Å². The molecule has 6 heteroatoms. The third-order valence-electron chi connectivity index (χ3n) is 3.79. The van der Waals surface area contributed by atoms with E-state index in [0.717, 1.165) is 11.3 Å². The fourth-order valence-electron chi connectivity index (χ4n) is 2.56. The summed E-state index contributed by atoms with van der Waals surface area (Å²) in [5.41, 5.74) is 1.66. The molecule has 0 radical (unpaired) electrons. The van der Waals surface area contributed by atoms with Gasteiger partial charge >= 0.3 is 0 Å². The van der Waals surface area contributed by atoms with Gasteiger partial charge in [-0.15, -0.1) is 0 Å². The Balaban J connectivity index is 1.60. The number of benzene rings is 1. The Labute approximate surface area is 145 Å². The molecule has 1 N–H and O–H groups in total. The minimum atomic E-state index is -0.504. The number of nitrogens with zero attached hydrogens (tertiary/aromatic N) is 2. The molecule has 1 aliphatic rings. The van der Waals surface area contributed by atoms with Crippen molar-refractivity contribution in [3.8, 4) is 0 Å². The average Bonchev–Trinajstić information content (AvgIpc) is 2.95. The summed E-state index contributed by atoms with van der Waals surface area (Å²) in [6.45, 7) is 0.569. The van der Waals surface area contributed by atoms with Gasteiger partial charge in [-0.25, -0.2) is 0 Å². The number of rotatable bonds is 4. The van der Waals surface area contributed by atoms with E-state index in [1.165, 1.54) is 6.08 Å². The highest BCUT2D eigenvalue weighted by atomic mass is 35.5. The van der Waals surface area contributed by atoms with Gasteiger partial charge in [-0.2, -0.15) is 0 Å². The molecule has 2 heterocycles. The van der Waals surface area contributed by atoms with Crippen molar-refractivity contribution >= 4 is 35.2 Å². The van der Waals surface area contributed by atoms with E-state index in [0.29, 0.717) is 18.0 Å². The minimum absolute atomic E-state index is 0.108. The summed E-state index contributed by atoms with van der Waals surface area (Å²) >= 11 is 5.87. The van der Waals surface area contributed by atoms with Crippen LogP contribution in [0.25, 0.3) is 6.08 Å². The normalized spacial score (nSPS) is 17.5. The molecule has 5 nitrogen and oxygen atoms in total. The van der Waals surface area contributed by atoms with E-state index in [-0.39, 0.29) is 11.8 Å². The molecule has 0 saturated carbocycles. The molecular formula is C18H16ClN3O2. The molecule has 1 aromatic heterocycles. The van der Waals surface area contributed by atoms with Gasteiger partial charge in [0.15, 0.2) is 0 Å². The molecule has 1 saturated heterocycles. The van der Waals surface area contributed by atoms with Crippen LogP contribution in [0.4, 0.5) is 5.69 Å². The molecule has 1 aromatic carbocycles. The van der Waals surface area contributed by atoms with Crippen LogP contribution < -0.4 is 10.2 Å². The maximum atomic E-state index is 12.4. The number of halogens is 1. The van der Waals surface area contributed by atoms with Crippen LogP contribution in [-0.2, 0) is 9.59 Å². The van der Waals surface area contributed by atoms with E-state index >= 15 is 0 Å². The molecule has 2 amide bonds. The van der Waals surface area contributed by atoms with Crippen molar-refractivity contribution in [3.63, 3.8) is 0 Å². The fourth-order valence-corrected chi connectivity index (χ4v) is 2.68. The molecule has 2 aromatic rings. The highest BCUT2D eigenvalue weighted by Gasteiger charge is 2.33. The molecule has 24 heavy (non-hydrogen) atoms. The molecule has 0 spiro atoms. The average molecular weight is 342 g/mol. The Kier molecular flexibility index (Phi) is 4.91. The van der Waals surface area contributed by atoms with Crippen molar-refractivity contribution in [3.05, 3.63) is 65.5 Å². The molecular weight excluding hydrogens is 326 g/mol. The zero-order valence-electron chi connectivity index (χ0n) is 12.9. The van der Waals surface area contributed by atoms with Crippen LogP contribution in [0, 0.1) is 0 Å². The van der Waals surface area contributed by atoms with E-state index in [4.69, 9.17) is 11.6 Å². The van der Waals surface area contributed by atoms with Gasteiger partial charge in [-0.05, 0) is 54.5 Å². The number of hydrogen-bond donors (Lipinski definition) is 1. The lowest BCUT2D eigenvalue weighted by Gasteiger charge is -2.17. The third kappa shape index (κ3) is 3.81. The first kappa shape index (κ1) is 16.2. The Morgan fingerprint density at radius 1 is 1.21 bits per heavy atom. The number of anilines is 1. The number of aromatic nitrogens is 1. The first-order chi connectivity index (χ1) is 11.6. The van der Waals surface area contributed by atoms with Gasteiger partial charge in [-0.3, -0.25) is 14.6 Å². The van der Waals surface area contributed by atoms with Gasteiger partial charge in [0.05, 0.1) is 0 Å². The van der Waals surface area contributed by atoms with Crippen LogP contribution in [0.2, 0.25) is 5.02 Å². The van der Waals surface area contributed by atoms with Gasteiger partial charge in [0.25, 0.3) is 0 Å². The second-order valence-electron chi connectivity index (χ2n) is 5.43. The molecule has 122 valence electrons. The Morgan fingerprint density at radius 2 is 1.92 bits per heavy atom. The Bertz CT molecular complexity index is 760. The molecule has 0 bridgehead atoms. The zero-order chi connectivity index (χ0) is 16.9. The van der Waals surface area contributed by atoms with Crippen LogP contribution >= 0.6 is 11.6 Å². The lowest BCUT2D eigenvalue weighted by atomic mass is 10.2. The van der Waals surface area contributed by atoms with Crippen LogP contribution in [0.1, 0.15) is 12.0 Å². The number of hydrogen-bond acceptors (Lipinski definition) is 3. The maximum absolute atomic E-state index is 12.4. The lowest BCUT2D eigenvalue weighted by Crippen LogP contribution is -2.40. The van der Waals surface area contributed by atoms with Crippen LogP contribution in [0.3, 0.4) is 0 Å². The van der Waals surface area contributed by atoms with E-state index in [1.54, 1.807) is 59.8 Å². The minimum Gasteiger partial charge on any atom is -0.341 e. The predicted octanol–water partition coefficient (Wildman–Crippen LogP) is 2.67. The first-order valence-corrected chi connectivity index (χ1v) is 7.97. The summed E-state index contributed by atoms with van der Waals surface area (Å²) in [4.78, 5) is 30.0. The zero-order valence-corrected chi connectivity index (χ0v) is 13.6. The number of pyridine rings is 1. The molecule has 1 atom stereocenters. The van der Waals surface area contributed by atoms with Crippen molar-refractivity contribution in [2.45, 2.75) is 12.5 Å². The van der Waals surface area contributed by atoms with E-state index < -0.39 is 6.04 Å². The number of amides is 2. The molecule has 3 rings (SSSR count). The van der Waals surface area contributed by atoms with Crippen molar-refractivity contribution in [2.24, 2.45) is 0 Å². The summed E-state index contributed by atoms with van der Waals surface area (Å²) < 4.78 is 0.